The van der Waals surface area contributed by atoms with Gasteiger partial charge in [0.1, 0.15) is 0 Å². The molecule has 0 atom stereocenters. The van der Waals surface area contributed by atoms with Crippen LogP contribution in [0.25, 0.3) is 0 Å². The fourth-order valence-electron chi connectivity index (χ4n) is 3.08. The fourth-order valence-corrected chi connectivity index (χ4v) is 4.47. The van der Waals surface area contributed by atoms with E-state index in [2.05, 4.69) is 4.72 Å². The molecule has 0 aliphatic carbocycles. The minimum atomic E-state index is -3.78. The number of carbonyl (C=O) groups is 2. The smallest absolute Gasteiger partial charge is 0.261 e. The average Bonchev–Trinajstić information content (AvgIpc) is 2.69. The normalized spacial score (nSPS) is 15.2. The number of sulfonamides is 1. The molecule has 2 amide bonds. The summed E-state index contributed by atoms with van der Waals surface area (Å²) in [5, 5.41) is 0.123. The summed E-state index contributed by atoms with van der Waals surface area (Å²) in [6.45, 7) is 0.874. The van der Waals surface area contributed by atoms with Gasteiger partial charge in [-0.2, -0.15) is 0 Å². The predicted octanol–water partition coefficient (Wildman–Crippen LogP) is 2.48. The van der Waals surface area contributed by atoms with Gasteiger partial charge in [-0.15, -0.1) is 0 Å². The molecular weight excluding hydrogens is 402 g/mol. The van der Waals surface area contributed by atoms with Gasteiger partial charge in [-0.25, -0.2) is 8.42 Å². The molecular formula is C19H20ClN3O4S. The molecule has 0 saturated carbocycles. The number of carbonyl (C=O) groups excluding carboxylic acids is 2. The summed E-state index contributed by atoms with van der Waals surface area (Å²) in [6.07, 6.45) is 1.06. The van der Waals surface area contributed by atoms with Gasteiger partial charge in [-0.3, -0.25) is 14.3 Å². The molecule has 0 unspecified atom stereocenters. The van der Waals surface area contributed by atoms with E-state index >= 15 is 0 Å². The highest BCUT2D eigenvalue weighted by molar-refractivity contribution is 7.92. The molecule has 3 N–H and O–H groups in total. The summed E-state index contributed by atoms with van der Waals surface area (Å²) in [6, 6.07) is 12.3. The van der Waals surface area contributed by atoms with Crippen LogP contribution in [0.3, 0.4) is 0 Å². The van der Waals surface area contributed by atoms with Gasteiger partial charge in [0.25, 0.3) is 15.9 Å². The van der Waals surface area contributed by atoms with E-state index in [0.29, 0.717) is 31.5 Å². The number of hydrogen-bond acceptors (Lipinski definition) is 4. The minimum Gasteiger partial charge on any atom is -0.369 e. The Morgan fingerprint density at radius 2 is 1.71 bits per heavy atom. The van der Waals surface area contributed by atoms with E-state index in [0.717, 1.165) is 0 Å². The van der Waals surface area contributed by atoms with E-state index in [-0.39, 0.29) is 33.3 Å². The lowest BCUT2D eigenvalue weighted by molar-refractivity contribution is -0.123. The van der Waals surface area contributed by atoms with Gasteiger partial charge in [-0.1, -0.05) is 29.8 Å². The zero-order valence-electron chi connectivity index (χ0n) is 15.0. The Labute approximate surface area is 168 Å². The van der Waals surface area contributed by atoms with E-state index in [9.17, 15) is 18.0 Å². The zero-order chi connectivity index (χ0) is 20.3. The van der Waals surface area contributed by atoms with Crippen molar-refractivity contribution in [2.45, 2.75) is 17.7 Å². The van der Waals surface area contributed by atoms with E-state index in [4.69, 9.17) is 17.3 Å². The molecule has 1 aliphatic heterocycles. The SMILES string of the molecule is NC(=O)C1CCN(C(=O)c2ccc(NS(=O)(=O)c3ccccc3)c(Cl)c2)CC1. The molecule has 148 valence electrons. The number of benzene rings is 2. The first kappa shape index (κ1) is 20.2. The first-order valence-electron chi connectivity index (χ1n) is 8.74. The maximum atomic E-state index is 12.7. The van der Waals surface area contributed by atoms with Crippen molar-refractivity contribution < 1.29 is 18.0 Å². The third-order valence-corrected chi connectivity index (χ3v) is 6.39. The first-order chi connectivity index (χ1) is 13.3. The van der Waals surface area contributed by atoms with Crippen LogP contribution in [0.1, 0.15) is 23.2 Å². The van der Waals surface area contributed by atoms with Gasteiger partial charge < -0.3 is 10.6 Å². The zero-order valence-corrected chi connectivity index (χ0v) is 16.5. The molecule has 3 rings (SSSR count). The van der Waals surface area contributed by atoms with Crippen LogP contribution in [0, 0.1) is 5.92 Å². The summed E-state index contributed by atoms with van der Waals surface area (Å²) in [7, 11) is -3.78. The number of rotatable bonds is 5. The molecule has 1 saturated heterocycles. The van der Waals surface area contributed by atoms with Crippen molar-refractivity contribution in [2.75, 3.05) is 17.8 Å². The van der Waals surface area contributed by atoms with Crippen molar-refractivity contribution in [3.05, 3.63) is 59.1 Å². The molecule has 0 aromatic heterocycles. The molecule has 2 aromatic carbocycles. The molecule has 1 heterocycles. The average molecular weight is 422 g/mol. The Hall–Kier alpha value is -2.58. The summed E-state index contributed by atoms with van der Waals surface area (Å²) in [5.41, 5.74) is 5.85. The van der Waals surface area contributed by atoms with Gasteiger partial charge in [-0.05, 0) is 43.2 Å². The lowest BCUT2D eigenvalue weighted by atomic mass is 9.96. The third-order valence-electron chi connectivity index (χ3n) is 4.70. The molecule has 0 bridgehead atoms. The Kier molecular flexibility index (Phi) is 5.90. The number of nitrogens with one attached hydrogen (secondary N) is 1. The number of nitrogens with two attached hydrogens (primary N) is 1. The van der Waals surface area contributed by atoms with E-state index in [1.54, 1.807) is 23.1 Å². The standard InChI is InChI=1S/C19H20ClN3O4S/c20-16-12-14(19(25)23-10-8-13(9-11-23)18(21)24)6-7-17(16)22-28(26,27)15-4-2-1-3-5-15/h1-7,12-13,22H,8-11H2,(H2,21,24). The van der Waals surface area contributed by atoms with Crippen LogP contribution in [0.4, 0.5) is 5.69 Å². The number of likely N-dealkylation sites (tertiary alicyclic amines) is 1. The van der Waals surface area contributed by atoms with Gasteiger partial charge >= 0.3 is 0 Å². The second kappa shape index (κ2) is 8.20. The number of halogens is 1. The van der Waals surface area contributed by atoms with Crippen molar-refractivity contribution in [1.29, 1.82) is 0 Å². The van der Waals surface area contributed by atoms with Crippen molar-refractivity contribution >= 4 is 39.1 Å². The van der Waals surface area contributed by atoms with Crippen molar-refractivity contribution in [3.63, 3.8) is 0 Å². The molecule has 2 aromatic rings. The Morgan fingerprint density at radius 3 is 2.29 bits per heavy atom. The molecule has 1 aliphatic rings. The highest BCUT2D eigenvalue weighted by Gasteiger charge is 2.27. The maximum absolute atomic E-state index is 12.7. The summed E-state index contributed by atoms with van der Waals surface area (Å²) >= 11 is 6.21. The summed E-state index contributed by atoms with van der Waals surface area (Å²) < 4.78 is 27.3. The predicted molar refractivity (Wildman–Crippen MR) is 107 cm³/mol. The summed E-state index contributed by atoms with van der Waals surface area (Å²) in [5.74, 6) is -0.769. The van der Waals surface area contributed by atoms with Gasteiger partial charge in [0.15, 0.2) is 0 Å². The minimum absolute atomic E-state index is 0.114. The quantitative estimate of drug-likeness (QED) is 0.772. The Balaban J connectivity index is 1.72. The Bertz CT molecular complexity index is 987. The topological polar surface area (TPSA) is 110 Å². The monoisotopic (exact) mass is 421 g/mol. The van der Waals surface area contributed by atoms with Crippen molar-refractivity contribution in [2.24, 2.45) is 11.7 Å². The van der Waals surface area contributed by atoms with Crippen LogP contribution in [-0.2, 0) is 14.8 Å². The van der Waals surface area contributed by atoms with Gasteiger partial charge in [0.05, 0.1) is 15.6 Å². The highest BCUT2D eigenvalue weighted by Crippen LogP contribution is 2.27. The van der Waals surface area contributed by atoms with Crippen LogP contribution in [0.15, 0.2) is 53.4 Å². The molecule has 0 radical (unpaired) electrons. The maximum Gasteiger partial charge on any atom is 0.261 e. The van der Waals surface area contributed by atoms with Gasteiger partial charge in [0, 0.05) is 24.6 Å². The van der Waals surface area contributed by atoms with Crippen molar-refractivity contribution in [1.82, 2.24) is 4.90 Å². The second-order valence-electron chi connectivity index (χ2n) is 6.58. The molecule has 0 spiro atoms. The van der Waals surface area contributed by atoms with Crippen molar-refractivity contribution in [3.8, 4) is 0 Å². The third kappa shape index (κ3) is 4.45. The number of piperidine rings is 1. The van der Waals surface area contributed by atoms with E-state index < -0.39 is 10.0 Å². The van der Waals surface area contributed by atoms with E-state index in [1.165, 1.54) is 30.3 Å². The first-order valence-corrected chi connectivity index (χ1v) is 10.6. The van der Waals surface area contributed by atoms with Crippen LogP contribution in [0.2, 0.25) is 5.02 Å². The molecule has 28 heavy (non-hydrogen) atoms. The lowest BCUT2D eigenvalue weighted by Crippen LogP contribution is -2.41. The van der Waals surface area contributed by atoms with E-state index in [1.807, 2.05) is 0 Å². The number of primary amides is 1. The summed E-state index contributed by atoms with van der Waals surface area (Å²) in [4.78, 5) is 25.7. The fraction of sp³-hybridized carbons (Fsp3) is 0.263. The molecule has 1 fully saturated rings. The molecule has 7 nitrogen and oxygen atoms in total. The number of nitrogens with zero attached hydrogens (tertiary/aromatic N) is 1. The lowest BCUT2D eigenvalue weighted by Gasteiger charge is -2.30. The highest BCUT2D eigenvalue weighted by atomic mass is 35.5. The molecule has 9 heteroatoms. The van der Waals surface area contributed by atoms with Crippen LogP contribution < -0.4 is 10.5 Å². The van der Waals surface area contributed by atoms with Crippen LogP contribution >= 0.6 is 11.6 Å². The van der Waals surface area contributed by atoms with Crippen LogP contribution in [-0.4, -0.2) is 38.2 Å². The Morgan fingerprint density at radius 1 is 1.07 bits per heavy atom. The largest absolute Gasteiger partial charge is 0.369 e. The second-order valence-corrected chi connectivity index (χ2v) is 8.67. The van der Waals surface area contributed by atoms with Crippen LogP contribution in [0.5, 0.6) is 0 Å². The number of amides is 2. The van der Waals surface area contributed by atoms with Gasteiger partial charge in [0.2, 0.25) is 5.91 Å². The number of anilines is 1. The number of hydrogen-bond donors (Lipinski definition) is 2.